The maximum atomic E-state index is 13.6. The van der Waals surface area contributed by atoms with E-state index in [0.29, 0.717) is 23.7 Å². The molecule has 1 N–H and O–H groups in total. The highest BCUT2D eigenvalue weighted by Crippen LogP contribution is 2.62. The molecule has 35 heavy (non-hydrogen) atoms. The van der Waals surface area contributed by atoms with Crippen molar-refractivity contribution in [3.8, 4) is 6.07 Å². The monoisotopic (exact) mass is 496 g/mol. The lowest BCUT2D eigenvalue weighted by Gasteiger charge is -2.38. The van der Waals surface area contributed by atoms with E-state index >= 15 is 0 Å². The van der Waals surface area contributed by atoms with Gasteiger partial charge >= 0.3 is 6.03 Å². The molecule has 2 unspecified atom stereocenters. The number of nitrogens with one attached hydrogen (secondary N) is 1. The largest absolute Gasteiger partial charge is 0.379 e. The predicted octanol–water partition coefficient (Wildman–Crippen LogP) is 5.03. The molecule has 2 amide bonds. The highest BCUT2D eigenvalue weighted by atomic mass is 35.5. The number of morpholine rings is 1. The summed E-state index contributed by atoms with van der Waals surface area (Å²) in [4.78, 5) is 17.7. The topological polar surface area (TPSA) is 68.6 Å². The van der Waals surface area contributed by atoms with Crippen molar-refractivity contribution in [2.24, 2.45) is 5.92 Å². The number of carbonyl (C=O) groups excluding carboxylic acids is 1. The van der Waals surface area contributed by atoms with Gasteiger partial charge in [-0.15, -0.1) is 0 Å². The number of rotatable bonds is 6. The molecule has 0 radical (unpaired) electrons. The first-order valence-corrected chi connectivity index (χ1v) is 12.7. The molecule has 0 spiro atoms. The Labute approximate surface area is 210 Å². The molecule has 3 fully saturated rings. The summed E-state index contributed by atoms with van der Waals surface area (Å²) in [6.45, 7) is 4.59. The second-order valence-electron chi connectivity index (χ2n) is 9.88. The van der Waals surface area contributed by atoms with E-state index < -0.39 is 5.82 Å². The van der Waals surface area contributed by atoms with E-state index in [1.165, 1.54) is 23.8 Å². The van der Waals surface area contributed by atoms with Gasteiger partial charge in [-0.05, 0) is 72.9 Å². The van der Waals surface area contributed by atoms with Crippen molar-refractivity contribution in [3.63, 3.8) is 0 Å². The van der Waals surface area contributed by atoms with Crippen LogP contribution in [-0.4, -0.2) is 61.3 Å². The summed E-state index contributed by atoms with van der Waals surface area (Å²) in [7, 11) is 0. The van der Waals surface area contributed by atoms with Gasteiger partial charge in [-0.3, -0.25) is 4.90 Å². The van der Waals surface area contributed by atoms with Crippen molar-refractivity contribution >= 4 is 23.3 Å². The Kier molecular flexibility index (Phi) is 6.97. The summed E-state index contributed by atoms with van der Waals surface area (Å²) < 4.78 is 19.1. The van der Waals surface area contributed by atoms with Gasteiger partial charge in [-0.25, -0.2) is 9.18 Å². The first kappa shape index (κ1) is 24.1. The van der Waals surface area contributed by atoms with Crippen LogP contribution in [0.2, 0.25) is 5.02 Å². The van der Waals surface area contributed by atoms with E-state index in [2.05, 4.69) is 22.4 Å². The summed E-state index contributed by atoms with van der Waals surface area (Å²) in [6, 6.07) is 14.5. The number of amides is 2. The Balaban J connectivity index is 1.29. The summed E-state index contributed by atoms with van der Waals surface area (Å²) in [5.41, 5.74) is 2.59. The van der Waals surface area contributed by atoms with Crippen LogP contribution >= 0.6 is 11.6 Å². The van der Waals surface area contributed by atoms with Gasteiger partial charge in [0.25, 0.3) is 0 Å². The Morgan fingerprint density at radius 3 is 2.86 bits per heavy atom. The van der Waals surface area contributed by atoms with Crippen molar-refractivity contribution in [2.75, 3.05) is 44.7 Å². The summed E-state index contributed by atoms with van der Waals surface area (Å²) >= 11 is 5.93. The maximum Gasteiger partial charge on any atom is 0.322 e. The van der Waals surface area contributed by atoms with Gasteiger partial charge in [-0.2, -0.15) is 5.26 Å². The van der Waals surface area contributed by atoms with Crippen molar-refractivity contribution < 1.29 is 13.9 Å². The molecule has 0 bridgehead atoms. The van der Waals surface area contributed by atoms with Crippen molar-refractivity contribution in [2.45, 2.75) is 37.1 Å². The summed E-state index contributed by atoms with van der Waals surface area (Å²) in [6.07, 6.45) is 3.96. The number of benzene rings is 2. The summed E-state index contributed by atoms with van der Waals surface area (Å²) in [5, 5.41) is 12.2. The lowest BCUT2D eigenvalue weighted by Crippen LogP contribution is -2.49. The third kappa shape index (κ3) is 5.16. The predicted molar refractivity (Wildman–Crippen MR) is 133 cm³/mol. The summed E-state index contributed by atoms with van der Waals surface area (Å²) in [5.74, 6) is 0.000746. The van der Waals surface area contributed by atoms with Crippen LogP contribution in [0.25, 0.3) is 0 Å². The molecule has 1 saturated heterocycles. The maximum absolute atomic E-state index is 13.6. The number of hydrogen-bond acceptors (Lipinski definition) is 4. The van der Waals surface area contributed by atoms with Crippen molar-refractivity contribution in [3.05, 3.63) is 64.4 Å². The SMILES string of the molecule is N#Cc1cccc([C@]23CCC(N(CCN4CCOCC4)C(=O)Nc4ccc(F)c(Cl)c4)CC2C3)c1. The van der Waals surface area contributed by atoms with Crippen LogP contribution < -0.4 is 5.32 Å². The fourth-order valence-electron chi connectivity index (χ4n) is 5.84. The Hall–Kier alpha value is -2.66. The molecule has 2 aromatic carbocycles. The molecular weight excluding hydrogens is 467 g/mol. The number of nitrogens with zero attached hydrogens (tertiary/aromatic N) is 3. The number of fused-ring (bicyclic) bond motifs is 1. The average molecular weight is 497 g/mol. The van der Waals surface area contributed by atoms with Gasteiger partial charge < -0.3 is 15.0 Å². The van der Waals surface area contributed by atoms with E-state index in [9.17, 15) is 14.4 Å². The molecule has 1 aliphatic heterocycles. The van der Waals surface area contributed by atoms with Crippen LogP contribution in [0.15, 0.2) is 42.5 Å². The Bertz CT molecular complexity index is 1130. The normalized spacial score (nSPS) is 25.9. The Morgan fingerprint density at radius 2 is 2.11 bits per heavy atom. The van der Waals surface area contributed by atoms with Gasteiger partial charge in [0.05, 0.1) is 29.9 Å². The minimum absolute atomic E-state index is 0.0114. The molecule has 5 rings (SSSR count). The van der Waals surface area contributed by atoms with Crippen molar-refractivity contribution in [1.82, 2.24) is 9.80 Å². The zero-order valence-corrected chi connectivity index (χ0v) is 20.4. The van der Waals surface area contributed by atoms with Crippen LogP contribution in [0.1, 0.15) is 36.8 Å². The number of hydrogen-bond donors (Lipinski definition) is 1. The molecule has 1 heterocycles. The number of carbonyl (C=O) groups is 1. The van der Waals surface area contributed by atoms with Crippen LogP contribution in [0.5, 0.6) is 0 Å². The van der Waals surface area contributed by atoms with Gasteiger partial charge in [0.1, 0.15) is 5.82 Å². The minimum atomic E-state index is -0.508. The second-order valence-corrected chi connectivity index (χ2v) is 10.3. The smallest absolute Gasteiger partial charge is 0.322 e. The van der Waals surface area contributed by atoms with E-state index in [4.69, 9.17) is 16.3 Å². The number of urea groups is 1. The highest BCUT2D eigenvalue weighted by Gasteiger charge is 2.58. The Morgan fingerprint density at radius 1 is 1.29 bits per heavy atom. The number of halogens is 2. The third-order valence-electron chi connectivity index (χ3n) is 7.91. The standard InChI is InChI=1S/C27H30ClFN4O2/c28-24-16-22(4-5-25(24)29)31-26(34)33(9-8-32-10-12-35-13-11-32)23-6-7-27(17-21(27)15-23)20-3-1-2-19(14-20)18-30/h1-5,14,16,21,23H,6-13,15,17H2,(H,31,34)/t21?,23?,27-/m1/s1. The highest BCUT2D eigenvalue weighted by molar-refractivity contribution is 6.31. The molecule has 0 aromatic heterocycles. The second kappa shape index (κ2) is 10.1. The van der Waals surface area contributed by atoms with E-state index in [-0.39, 0.29) is 22.5 Å². The molecule has 2 aliphatic carbocycles. The van der Waals surface area contributed by atoms with E-state index in [0.717, 1.165) is 58.5 Å². The van der Waals surface area contributed by atoms with Crippen LogP contribution in [-0.2, 0) is 10.2 Å². The molecule has 3 atom stereocenters. The number of nitriles is 1. The zero-order valence-electron chi connectivity index (χ0n) is 19.7. The lowest BCUT2D eigenvalue weighted by molar-refractivity contribution is 0.0326. The quantitative estimate of drug-likeness (QED) is 0.609. The lowest BCUT2D eigenvalue weighted by atomic mass is 9.80. The first-order chi connectivity index (χ1) is 17.0. The van der Waals surface area contributed by atoms with Gasteiger partial charge in [0, 0.05) is 37.9 Å². The van der Waals surface area contributed by atoms with Crippen molar-refractivity contribution in [1.29, 1.82) is 5.26 Å². The molecule has 2 saturated carbocycles. The fourth-order valence-corrected chi connectivity index (χ4v) is 6.02. The van der Waals surface area contributed by atoms with E-state index in [1.54, 1.807) is 0 Å². The van der Waals surface area contributed by atoms with Gasteiger partial charge in [0.2, 0.25) is 0 Å². The number of ether oxygens (including phenoxy) is 1. The van der Waals surface area contributed by atoms with Gasteiger partial charge in [0.15, 0.2) is 0 Å². The molecule has 6 nitrogen and oxygen atoms in total. The molecule has 2 aromatic rings. The molecular formula is C27H30ClFN4O2. The zero-order chi connectivity index (χ0) is 24.4. The molecule has 8 heteroatoms. The molecule has 184 valence electrons. The van der Waals surface area contributed by atoms with Crippen LogP contribution in [0, 0.1) is 23.1 Å². The fraction of sp³-hybridized carbons (Fsp3) is 0.481. The molecule has 3 aliphatic rings. The number of anilines is 1. The van der Waals surface area contributed by atoms with Crippen LogP contribution in [0.4, 0.5) is 14.9 Å². The minimum Gasteiger partial charge on any atom is -0.379 e. The third-order valence-corrected chi connectivity index (χ3v) is 8.20. The van der Waals surface area contributed by atoms with E-state index in [1.807, 2.05) is 23.1 Å². The average Bonchev–Trinajstić information content (AvgIpc) is 3.62. The van der Waals surface area contributed by atoms with Crippen LogP contribution in [0.3, 0.4) is 0 Å². The first-order valence-electron chi connectivity index (χ1n) is 12.3. The van der Waals surface area contributed by atoms with Gasteiger partial charge in [-0.1, -0.05) is 23.7 Å².